The number of ether oxygens (including phenoxy) is 6. The normalized spacial score (nSPS) is 14.6. The third-order valence-electron chi connectivity index (χ3n) is 5.51. The van der Waals surface area contributed by atoms with Crippen molar-refractivity contribution >= 4 is 57.9 Å². The lowest BCUT2D eigenvalue weighted by atomic mass is 10.2. The number of morpholine rings is 1. The zero-order valence-electron chi connectivity index (χ0n) is 25.0. The van der Waals surface area contributed by atoms with Crippen molar-refractivity contribution in [2.45, 2.75) is 58.8 Å². The van der Waals surface area contributed by atoms with E-state index in [4.69, 9.17) is 28.4 Å². The smallest absolute Gasteiger partial charge is 0.371 e. The van der Waals surface area contributed by atoms with Gasteiger partial charge in [-0.15, -0.1) is 0 Å². The number of nitrogens with zero attached hydrogens (tertiary/aromatic N) is 1. The summed E-state index contributed by atoms with van der Waals surface area (Å²) in [4.78, 5) is 75.5. The molecule has 0 spiro atoms. The van der Waals surface area contributed by atoms with E-state index in [-0.39, 0.29) is 12.4 Å². The summed E-state index contributed by atoms with van der Waals surface area (Å²) in [6.45, 7) is 11.8. The fourth-order valence-corrected chi connectivity index (χ4v) is 4.30. The van der Waals surface area contributed by atoms with Gasteiger partial charge >= 0.3 is 28.5 Å². The standard InChI is InChI=1S/C26H42N2O12S2/c1-17(2)20(29)37-15-39-24(33)41-14-19(22(31)36-11-7-8-28-9-12-35-13-10-28)27-23(32)26(5,6)42-25(34)40-16-38-21(30)18(3)4/h17-19H,7-16H2,1-6H3,(H,27,32)/t19-/m0/s1. The second kappa shape index (κ2) is 19.6. The van der Waals surface area contributed by atoms with Crippen LogP contribution in [0.1, 0.15) is 48.0 Å². The Morgan fingerprint density at radius 3 is 1.90 bits per heavy atom. The molecule has 1 aliphatic heterocycles. The molecule has 0 saturated carbocycles. The fraction of sp³-hybridized carbons (Fsp3) is 0.769. The number of rotatable bonds is 16. The predicted octanol–water partition coefficient (Wildman–Crippen LogP) is 2.57. The monoisotopic (exact) mass is 638 g/mol. The average molecular weight is 639 g/mol. The van der Waals surface area contributed by atoms with Crippen LogP contribution in [0.5, 0.6) is 0 Å². The highest BCUT2D eigenvalue weighted by atomic mass is 32.2. The zero-order valence-corrected chi connectivity index (χ0v) is 26.6. The number of esters is 3. The maximum atomic E-state index is 13.0. The molecule has 1 N–H and O–H groups in total. The SMILES string of the molecule is CC(C)C(=O)OCOC(=O)SC[C@H](NC(=O)C(C)(C)SC(=O)OCOC(=O)C(C)C)C(=O)OCCCN1CCOCC1. The zero-order chi connectivity index (χ0) is 31.7. The third-order valence-corrected chi connectivity index (χ3v) is 7.34. The summed E-state index contributed by atoms with van der Waals surface area (Å²) in [5.74, 6) is -3.64. The molecule has 1 heterocycles. The van der Waals surface area contributed by atoms with Gasteiger partial charge in [0.1, 0.15) is 6.04 Å². The molecule has 0 aromatic rings. The first-order valence-electron chi connectivity index (χ1n) is 13.5. The minimum Gasteiger partial charge on any atom is -0.464 e. The Hall–Kier alpha value is -2.56. The highest BCUT2D eigenvalue weighted by molar-refractivity contribution is 8.15. The van der Waals surface area contributed by atoms with Gasteiger partial charge in [0, 0.05) is 25.4 Å². The molecule has 16 heteroatoms. The molecule has 14 nitrogen and oxygen atoms in total. The summed E-state index contributed by atoms with van der Waals surface area (Å²) >= 11 is 1.10. The van der Waals surface area contributed by atoms with Crippen molar-refractivity contribution in [3.8, 4) is 0 Å². The van der Waals surface area contributed by atoms with Crippen molar-refractivity contribution < 1.29 is 57.2 Å². The van der Waals surface area contributed by atoms with Gasteiger partial charge in [0.2, 0.25) is 19.5 Å². The summed E-state index contributed by atoms with van der Waals surface area (Å²) < 4.78 is 28.6. The largest absolute Gasteiger partial charge is 0.464 e. The number of nitrogens with one attached hydrogen (secondary N) is 1. The minimum absolute atomic E-state index is 0.0857. The van der Waals surface area contributed by atoms with Crippen LogP contribution >= 0.6 is 23.5 Å². The highest BCUT2D eigenvalue weighted by Crippen LogP contribution is 2.27. The van der Waals surface area contributed by atoms with Crippen molar-refractivity contribution in [2.75, 3.05) is 58.8 Å². The molecule has 0 radical (unpaired) electrons. The molecule has 1 aliphatic rings. The van der Waals surface area contributed by atoms with Gasteiger partial charge in [0.15, 0.2) is 0 Å². The van der Waals surface area contributed by atoms with Crippen LogP contribution in [0.2, 0.25) is 0 Å². The maximum Gasteiger partial charge on any atom is 0.371 e. The van der Waals surface area contributed by atoms with E-state index in [2.05, 4.69) is 10.2 Å². The van der Waals surface area contributed by atoms with Gasteiger partial charge < -0.3 is 33.7 Å². The van der Waals surface area contributed by atoms with Crippen LogP contribution in [0.4, 0.5) is 9.59 Å². The van der Waals surface area contributed by atoms with Gasteiger partial charge in [-0.25, -0.2) is 14.4 Å². The van der Waals surface area contributed by atoms with Crippen molar-refractivity contribution in [1.29, 1.82) is 0 Å². The Kier molecular flexibility index (Phi) is 17.5. The van der Waals surface area contributed by atoms with Crippen molar-refractivity contribution in [1.82, 2.24) is 10.2 Å². The Labute approximate surface area is 254 Å². The summed E-state index contributed by atoms with van der Waals surface area (Å²) in [5, 5.41) is 0.812. The number of hydrogen-bond donors (Lipinski definition) is 1. The van der Waals surface area contributed by atoms with Crippen LogP contribution in [-0.2, 0) is 47.6 Å². The number of thioether (sulfide) groups is 2. The van der Waals surface area contributed by atoms with Gasteiger partial charge in [-0.1, -0.05) is 27.7 Å². The average Bonchev–Trinajstić information content (AvgIpc) is 2.92. The molecular formula is C26H42N2O12S2. The van der Waals surface area contributed by atoms with Gasteiger partial charge in [0.25, 0.3) is 0 Å². The van der Waals surface area contributed by atoms with E-state index >= 15 is 0 Å². The molecule has 1 saturated heterocycles. The van der Waals surface area contributed by atoms with Crippen molar-refractivity contribution in [3.63, 3.8) is 0 Å². The molecule has 1 fully saturated rings. The maximum absolute atomic E-state index is 13.0. The second-order valence-corrected chi connectivity index (χ2v) is 12.7. The van der Waals surface area contributed by atoms with Crippen molar-refractivity contribution in [3.05, 3.63) is 0 Å². The van der Waals surface area contributed by atoms with E-state index in [0.717, 1.165) is 13.1 Å². The lowest BCUT2D eigenvalue weighted by molar-refractivity contribution is -0.156. The summed E-state index contributed by atoms with van der Waals surface area (Å²) in [7, 11) is 0. The molecule has 42 heavy (non-hydrogen) atoms. The van der Waals surface area contributed by atoms with Crippen LogP contribution in [0.25, 0.3) is 0 Å². The van der Waals surface area contributed by atoms with Crippen LogP contribution in [-0.4, -0.2) is 109 Å². The number of amides is 1. The topological polar surface area (TPSA) is 173 Å². The van der Waals surface area contributed by atoms with E-state index in [9.17, 15) is 28.8 Å². The van der Waals surface area contributed by atoms with Crippen molar-refractivity contribution in [2.24, 2.45) is 11.8 Å². The molecule has 1 rings (SSSR count). The van der Waals surface area contributed by atoms with Gasteiger partial charge in [-0.2, -0.15) is 0 Å². The third kappa shape index (κ3) is 15.6. The summed E-state index contributed by atoms with van der Waals surface area (Å²) in [5.41, 5.74) is 0. The first-order valence-corrected chi connectivity index (χ1v) is 15.3. The molecule has 1 amide bonds. The van der Waals surface area contributed by atoms with E-state index in [0.29, 0.717) is 49.7 Å². The minimum atomic E-state index is -1.41. The molecular weight excluding hydrogens is 596 g/mol. The van der Waals surface area contributed by atoms with E-state index in [1.165, 1.54) is 13.8 Å². The first kappa shape index (κ1) is 37.5. The lowest BCUT2D eigenvalue weighted by Gasteiger charge is -2.27. The van der Waals surface area contributed by atoms with Gasteiger partial charge in [0.05, 0.1) is 36.4 Å². The quantitative estimate of drug-likeness (QED) is 0.113. The Balaban J connectivity index is 2.69. The molecule has 0 aliphatic carbocycles. The summed E-state index contributed by atoms with van der Waals surface area (Å²) in [6.07, 6.45) is 0.553. The number of carbonyl (C=O) groups is 6. The predicted molar refractivity (Wildman–Crippen MR) is 153 cm³/mol. The number of carbonyl (C=O) groups excluding carboxylic acids is 6. The van der Waals surface area contributed by atoms with Crippen LogP contribution in [0.3, 0.4) is 0 Å². The fourth-order valence-electron chi connectivity index (χ4n) is 2.97. The summed E-state index contributed by atoms with van der Waals surface area (Å²) in [6, 6.07) is -1.26. The van der Waals surface area contributed by atoms with Gasteiger partial charge in [-0.05, 0) is 43.8 Å². The molecule has 0 unspecified atom stereocenters. The Morgan fingerprint density at radius 1 is 0.810 bits per heavy atom. The highest BCUT2D eigenvalue weighted by Gasteiger charge is 2.36. The lowest BCUT2D eigenvalue weighted by Crippen LogP contribution is -2.50. The molecule has 1 atom stereocenters. The molecule has 0 bridgehead atoms. The number of hydrogen-bond acceptors (Lipinski definition) is 15. The van der Waals surface area contributed by atoms with Crippen LogP contribution in [0, 0.1) is 11.8 Å². The van der Waals surface area contributed by atoms with E-state index in [1.54, 1.807) is 27.7 Å². The second-order valence-electron chi connectivity index (χ2n) is 10.2. The Bertz CT molecular complexity index is 923. The molecule has 240 valence electrons. The Morgan fingerprint density at radius 2 is 1.36 bits per heavy atom. The molecule has 0 aromatic carbocycles. The van der Waals surface area contributed by atoms with E-state index < -0.39 is 70.6 Å². The van der Waals surface area contributed by atoms with Gasteiger partial charge in [-0.3, -0.25) is 19.3 Å². The van der Waals surface area contributed by atoms with Crippen LogP contribution < -0.4 is 5.32 Å². The first-order chi connectivity index (χ1) is 19.7. The molecule has 0 aromatic heterocycles. The van der Waals surface area contributed by atoms with Crippen LogP contribution in [0.15, 0.2) is 0 Å². The van der Waals surface area contributed by atoms with E-state index in [1.807, 2.05) is 0 Å².